The average molecular weight is 393 g/mol. The molecule has 0 heterocycles. The normalized spacial score (nSPS) is 10.2. The van der Waals surface area contributed by atoms with Crippen molar-refractivity contribution < 1.29 is 4.74 Å². The molecule has 0 amide bonds. The molecule has 1 aromatic carbocycles. The summed E-state index contributed by atoms with van der Waals surface area (Å²) in [7, 11) is 0. The Labute approximate surface area is 167 Å². The van der Waals surface area contributed by atoms with Gasteiger partial charge in [-0.1, -0.05) is 44.9 Å². The highest BCUT2D eigenvalue weighted by Gasteiger charge is 2.04. The smallest absolute Gasteiger partial charge is 0.123 e. The number of nitrogens with zero attached hydrogens (tertiary/aromatic N) is 1. The fourth-order valence-corrected chi connectivity index (χ4v) is 2.70. The van der Waals surface area contributed by atoms with Crippen molar-refractivity contribution >= 4 is 24.8 Å². The van der Waals surface area contributed by atoms with Crippen LogP contribution in [0.4, 0.5) is 0 Å². The molecule has 1 N–H and O–H groups in total. The van der Waals surface area contributed by atoms with E-state index in [9.17, 15) is 0 Å². The number of unbranched alkanes of at least 4 members (excludes halogenated alkanes) is 2. The topological polar surface area (TPSA) is 24.5 Å². The first-order chi connectivity index (χ1) is 11.3. The molecular weight excluding hydrogens is 355 g/mol. The van der Waals surface area contributed by atoms with Gasteiger partial charge >= 0.3 is 0 Å². The largest absolute Gasteiger partial charge is 0.494 e. The predicted octanol–water partition coefficient (Wildman–Crippen LogP) is 5.31. The molecule has 3 nitrogen and oxygen atoms in total. The molecule has 0 aliphatic carbocycles. The zero-order valence-electron chi connectivity index (χ0n) is 16.3. The lowest BCUT2D eigenvalue weighted by Crippen LogP contribution is -2.29. The van der Waals surface area contributed by atoms with Crippen molar-refractivity contribution in [3.05, 3.63) is 29.8 Å². The van der Waals surface area contributed by atoms with E-state index < -0.39 is 0 Å². The van der Waals surface area contributed by atoms with Crippen LogP contribution in [0.2, 0.25) is 0 Å². The van der Waals surface area contributed by atoms with Crippen LogP contribution in [-0.4, -0.2) is 37.7 Å². The van der Waals surface area contributed by atoms with Crippen LogP contribution < -0.4 is 10.1 Å². The van der Waals surface area contributed by atoms with Crippen molar-refractivity contribution in [2.75, 3.05) is 32.8 Å². The second kappa shape index (κ2) is 18.3. The minimum atomic E-state index is 0. The Morgan fingerprint density at radius 2 is 1.48 bits per heavy atom. The summed E-state index contributed by atoms with van der Waals surface area (Å²) in [5.74, 6) is 1.01. The van der Waals surface area contributed by atoms with Gasteiger partial charge in [0.2, 0.25) is 0 Å². The van der Waals surface area contributed by atoms with Gasteiger partial charge in [-0.25, -0.2) is 0 Å². The lowest BCUT2D eigenvalue weighted by atomic mass is 10.2. The highest BCUT2D eigenvalue weighted by Crippen LogP contribution is 2.17. The minimum absolute atomic E-state index is 0. The number of benzene rings is 1. The fourth-order valence-electron chi connectivity index (χ4n) is 2.70. The molecule has 0 fully saturated rings. The van der Waals surface area contributed by atoms with Crippen molar-refractivity contribution in [3.63, 3.8) is 0 Å². The Morgan fingerprint density at radius 1 is 0.880 bits per heavy atom. The van der Waals surface area contributed by atoms with Crippen LogP contribution in [0.25, 0.3) is 0 Å². The molecule has 0 spiro atoms. The summed E-state index contributed by atoms with van der Waals surface area (Å²) in [6.45, 7) is 13.0. The second-order valence-corrected chi connectivity index (χ2v) is 6.12. The molecule has 0 aliphatic heterocycles. The van der Waals surface area contributed by atoms with Crippen molar-refractivity contribution in [2.45, 2.75) is 59.4 Å². The molecule has 0 saturated heterocycles. The van der Waals surface area contributed by atoms with E-state index in [1.54, 1.807) is 0 Å². The first-order valence-corrected chi connectivity index (χ1v) is 9.45. The summed E-state index contributed by atoms with van der Waals surface area (Å²) in [6, 6.07) is 8.31. The predicted molar refractivity (Wildman–Crippen MR) is 115 cm³/mol. The number of hydrogen-bond donors (Lipinski definition) is 1. The first kappa shape index (κ1) is 26.7. The quantitative estimate of drug-likeness (QED) is 0.434. The molecule has 1 aromatic rings. The molecule has 0 bridgehead atoms. The third-order valence-corrected chi connectivity index (χ3v) is 4.07. The third-order valence-electron chi connectivity index (χ3n) is 4.07. The van der Waals surface area contributed by atoms with E-state index in [0.717, 1.165) is 25.4 Å². The Bertz CT molecular complexity index is 397. The third kappa shape index (κ3) is 12.5. The standard InChI is InChI=1S/C20H36N2O.2ClH/c1-4-7-15-22(16-8-5-2)17-11-14-21-18-19-12-9-10-13-20(19)23-6-3;;/h9-10,12-13,21H,4-8,11,14-18H2,1-3H3;2*1H. The maximum absolute atomic E-state index is 5.67. The molecule has 148 valence electrons. The Hall–Kier alpha value is -0.480. The van der Waals surface area contributed by atoms with Gasteiger partial charge in [-0.3, -0.25) is 0 Å². The van der Waals surface area contributed by atoms with Gasteiger partial charge in [-0.05, 0) is 58.4 Å². The SMILES string of the molecule is CCCCN(CCCC)CCCNCc1ccccc1OCC.Cl.Cl. The van der Waals surface area contributed by atoms with Crippen molar-refractivity contribution in [3.8, 4) is 5.75 Å². The van der Waals surface area contributed by atoms with E-state index in [1.807, 2.05) is 13.0 Å². The zero-order valence-corrected chi connectivity index (χ0v) is 17.9. The van der Waals surface area contributed by atoms with E-state index >= 15 is 0 Å². The number of ether oxygens (including phenoxy) is 1. The van der Waals surface area contributed by atoms with Gasteiger partial charge in [0, 0.05) is 12.1 Å². The number of halogens is 2. The molecule has 0 aromatic heterocycles. The molecule has 5 heteroatoms. The number of nitrogens with one attached hydrogen (secondary N) is 1. The zero-order chi connectivity index (χ0) is 16.8. The number of para-hydroxylation sites is 1. The molecule has 0 radical (unpaired) electrons. The van der Waals surface area contributed by atoms with E-state index in [2.05, 4.69) is 42.3 Å². The van der Waals surface area contributed by atoms with E-state index in [0.29, 0.717) is 0 Å². The fraction of sp³-hybridized carbons (Fsp3) is 0.700. The van der Waals surface area contributed by atoms with Crippen LogP contribution in [-0.2, 0) is 6.54 Å². The lowest BCUT2D eigenvalue weighted by Gasteiger charge is -2.22. The maximum Gasteiger partial charge on any atom is 0.123 e. The van der Waals surface area contributed by atoms with E-state index in [4.69, 9.17) is 4.74 Å². The van der Waals surface area contributed by atoms with Gasteiger partial charge in [0.1, 0.15) is 5.75 Å². The summed E-state index contributed by atoms with van der Waals surface area (Å²) >= 11 is 0. The molecule has 0 saturated carbocycles. The van der Waals surface area contributed by atoms with Crippen LogP contribution in [0.1, 0.15) is 58.4 Å². The Balaban J connectivity index is 0. The summed E-state index contributed by atoms with van der Waals surface area (Å²) in [4.78, 5) is 2.63. The van der Waals surface area contributed by atoms with Gasteiger partial charge in [0.05, 0.1) is 6.61 Å². The van der Waals surface area contributed by atoms with Crippen LogP contribution in [0.3, 0.4) is 0 Å². The van der Waals surface area contributed by atoms with Gasteiger partial charge < -0.3 is 15.0 Å². The summed E-state index contributed by atoms with van der Waals surface area (Å²) in [6.07, 6.45) is 6.42. The average Bonchev–Trinajstić information content (AvgIpc) is 2.58. The van der Waals surface area contributed by atoms with Gasteiger partial charge in [0.25, 0.3) is 0 Å². The maximum atomic E-state index is 5.67. The lowest BCUT2D eigenvalue weighted by molar-refractivity contribution is 0.261. The summed E-state index contributed by atoms with van der Waals surface area (Å²) < 4.78 is 5.67. The Morgan fingerprint density at radius 3 is 2.08 bits per heavy atom. The van der Waals surface area contributed by atoms with Crippen LogP contribution in [0.5, 0.6) is 5.75 Å². The van der Waals surface area contributed by atoms with Crippen LogP contribution in [0.15, 0.2) is 24.3 Å². The van der Waals surface area contributed by atoms with Crippen LogP contribution >= 0.6 is 24.8 Å². The first-order valence-electron chi connectivity index (χ1n) is 9.45. The summed E-state index contributed by atoms with van der Waals surface area (Å²) in [5, 5.41) is 3.56. The van der Waals surface area contributed by atoms with Gasteiger partial charge in [-0.2, -0.15) is 0 Å². The van der Waals surface area contributed by atoms with Crippen molar-refractivity contribution in [1.29, 1.82) is 0 Å². The summed E-state index contributed by atoms with van der Waals surface area (Å²) in [5.41, 5.74) is 1.25. The molecule has 0 aliphatic rings. The van der Waals surface area contributed by atoms with Crippen molar-refractivity contribution in [2.24, 2.45) is 0 Å². The van der Waals surface area contributed by atoms with Crippen LogP contribution in [0, 0.1) is 0 Å². The van der Waals surface area contributed by atoms with Crippen molar-refractivity contribution in [1.82, 2.24) is 10.2 Å². The molecule has 0 unspecified atom stereocenters. The molecular formula is C20H38Cl2N2O. The minimum Gasteiger partial charge on any atom is -0.494 e. The highest BCUT2D eigenvalue weighted by atomic mass is 35.5. The second-order valence-electron chi connectivity index (χ2n) is 6.12. The number of rotatable bonds is 14. The van der Waals surface area contributed by atoms with Gasteiger partial charge in [-0.15, -0.1) is 24.8 Å². The molecule has 0 atom stereocenters. The Kier molecular flexibility index (Phi) is 19.6. The van der Waals surface area contributed by atoms with E-state index in [-0.39, 0.29) is 24.8 Å². The highest BCUT2D eigenvalue weighted by molar-refractivity contribution is 5.85. The van der Waals surface area contributed by atoms with E-state index in [1.165, 1.54) is 57.3 Å². The monoisotopic (exact) mass is 392 g/mol. The number of hydrogen-bond acceptors (Lipinski definition) is 3. The molecule has 1 rings (SSSR count). The molecule has 25 heavy (non-hydrogen) atoms. The van der Waals surface area contributed by atoms with Gasteiger partial charge in [0.15, 0.2) is 0 Å².